The second kappa shape index (κ2) is 14.2. The average Bonchev–Trinajstić information content (AvgIpc) is 2.60. The van der Waals surface area contributed by atoms with Crippen LogP contribution in [0.5, 0.6) is 0 Å². The number of nitrogens with zero attached hydrogens (tertiary/aromatic N) is 2. The van der Waals surface area contributed by atoms with Crippen molar-refractivity contribution in [2.45, 2.75) is 25.4 Å². The topological polar surface area (TPSA) is 133 Å². The van der Waals surface area contributed by atoms with E-state index in [1.54, 1.807) is 25.9 Å². The molecular formula is C14H27N4O5STc+. The summed E-state index contributed by atoms with van der Waals surface area (Å²) in [7, 11) is 4.57. The van der Waals surface area contributed by atoms with Crippen molar-refractivity contribution in [2.75, 3.05) is 39.7 Å². The van der Waals surface area contributed by atoms with Gasteiger partial charge in [-0.25, -0.2) is 4.79 Å². The van der Waals surface area contributed by atoms with Crippen LogP contribution in [-0.2, 0) is 36.7 Å². The molecule has 0 aliphatic carbocycles. The third-order valence-corrected chi connectivity index (χ3v) is 4.39. The number of nitrogens with two attached hydrogens (primary N) is 1. The van der Waals surface area contributed by atoms with Crippen LogP contribution in [0.15, 0.2) is 0 Å². The van der Waals surface area contributed by atoms with Crippen molar-refractivity contribution >= 4 is 35.3 Å². The molecule has 0 unspecified atom stereocenters. The standard InChI is InChI=1S/C14H26N4O4S.O.Tc/c1-9(8-23-5)17(3)14(22)11(6-12(19)20)18(4)13(21)10(7-15)16-2;;/h9-10,16H,6-8,15H2,1-5H3;;/p+1/t9-,10+;;/m1../s1/i;;1+1. The Morgan fingerprint density at radius 1 is 1.36 bits per heavy atom. The minimum atomic E-state index is -1.17. The fourth-order valence-electron chi connectivity index (χ4n) is 1.95. The van der Waals surface area contributed by atoms with E-state index in [4.69, 9.17) is 14.3 Å². The fourth-order valence-corrected chi connectivity index (χ4v) is 2.65. The Morgan fingerprint density at radius 2 is 1.88 bits per heavy atom. The molecule has 11 heteroatoms. The molecule has 25 heavy (non-hydrogen) atoms. The van der Waals surface area contributed by atoms with Crippen molar-refractivity contribution in [3.8, 4) is 0 Å². The Kier molecular flexibility index (Phi) is 14.9. The molecule has 0 aromatic carbocycles. The van der Waals surface area contributed by atoms with Crippen molar-refractivity contribution < 1.29 is 46.4 Å². The molecule has 0 saturated carbocycles. The summed E-state index contributed by atoms with van der Waals surface area (Å²) >= 11 is 2.48. The molecule has 0 heterocycles. The van der Waals surface area contributed by atoms with Crippen LogP contribution in [0.3, 0.4) is 0 Å². The molecule has 4 N–H and O–H groups in total. The Balaban J connectivity index is 0. The summed E-state index contributed by atoms with van der Waals surface area (Å²) in [6, 6.07) is -0.759. The number of hydrogen-bond acceptors (Lipinski definition) is 7. The fraction of sp³-hybridized carbons (Fsp3) is 0.714. The number of nitrogens with one attached hydrogen (secondary N) is 1. The van der Waals surface area contributed by atoms with Crippen LogP contribution in [0, 0.1) is 0 Å². The Morgan fingerprint density at radius 3 is 2.24 bits per heavy atom. The van der Waals surface area contributed by atoms with Gasteiger partial charge in [-0.15, -0.1) is 0 Å². The first-order valence-corrected chi connectivity index (χ1v) is 9.50. The van der Waals surface area contributed by atoms with Crippen LogP contribution in [-0.4, -0.2) is 89.9 Å². The number of rotatable bonds is 9. The van der Waals surface area contributed by atoms with Gasteiger partial charge >= 0.3 is 40.1 Å². The molecule has 0 aromatic heterocycles. The Hall–Kier alpha value is -1.00. The molecule has 0 fully saturated rings. The molecule has 2 atom stereocenters. The molecule has 0 bridgehead atoms. The van der Waals surface area contributed by atoms with Crippen LogP contribution in [0.2, 0.25) is 0 Å². The number of carboxylic acids is 1. The first-order valence-electron chi connectivity index (χ1n) is 7.35. The van der Waals surface area contributed by atoms with E-state index in [9.17, 15) is 14.4 Å². The van der Waals surface area contributed by atoms with E-state index < -0.39 is 30.2 Å². The molecule has 0 saturated heterocycles. The first-order chi connectivity index (χ1) is 11.7. The molecule has 0 spiro atoms. The molecule has 0 radical (unpaired) electrons. The van der Waals surface area contributed by atoms with E-state index >= 15 is 0 Å². The third-order valence-electron chi connectivity index (χ3n) is 3.57. The first kappa shape index (κ1) is 26.2. The van der Waals surface area contributed by atoms with Crippen molar-refractivity contribution in [3.05, 3.63) is 0 Å². The normalized spacial score (nSPS) is 13.7. The number of amides is 2. The quantitative estimate of drug-likeness (QED) is 0.285. The van der Waals surface area contributed by atoms with Gasteiger partial charge in [-0.2, -0.15) is 16.3 Å². The van der Waals surface area contributed by atoms with Gasteiger partial charge in [-0.05, 0) is 20.2 Å². The zero-order valence-corrected chi connectivity index (χ0v) is 17.8. The molecule has 2 amide bonds. The van der Waals surface area contributed by atoms with Gasteiger partial charge in [0.1, 0.15) is 19.5 Å². The third kappa shape index (κ3) is 8.77. The van der Waals surface area contributed by atoms with Crippen molar-refractivity contribution in [2.24, 2.45) is 5.73 Å². The zero-order valence-electron chi connectivity index (χ0n) is 15.1. The van der Waals surface area contributed by atoms with E-state index in [2.05, 4.69) is 5.32 Å². The van der Waals surface area contributed by atoms with Crippen LogP contribution >= 0.6 is 11.8 Å². The van der Waals surface area contributed by atoms with Gasteiger partial charge in [0.2, 0.25) is 0 Å². The number of likely N-dealkylation sites (N-methyl/N-ethyl adjacent to an activating group) is 2. The van der Waals surface area contributed by atoms with Gasteiger partial charge in [-0.1, -0.05) is 0 Å². The second-order valence-corrected chi connectivity index (χ2v) is 6.12. The minimum absolute atomic E-state index is 0.0485. The van der Waals surface area contributed by atoms with Crippen LogP contribution < -0.4 is 11.1 Å². The predicted octanol–water partition coefficient (Wildman–Crippen LogP) is -1.29. The van der Waals surface area contributed by atoms with E-state index in [0.29, 0.717) is 5.75 Å². The van der Waals surface area contributed by atoms with Crippen molar-refractivity contribution in [1.29, 1.82) is 0 Å². The summed E-state index contributed by atoms with van der Waals surface area (Å²) in [6.07, 6.45) is 1.39. The predicted molar refractivity (Wildman–Crippen MR) is 91.7 cm³/mol. The molecule has 0 aliphatic rings. The average molecular weight is 462 g/mol. The van der Waals surface area contributed by atoms with Crippen molar-refractivity contribution in [3.63, 3.8) is 0 Å². The van der Waals surface area contributed by atoms with E-state index in [1.165, 1.54) is 11.9 Å². The summed E-state index contributed by atoms with van der Waals surface area (Å²) in [4.78, 5) is 37.5. The molecule has 0 rings (SSSR count). The van der Waals surface area contributed by atoms with Gasteiger partial charge in [-0.3, -0.25) is 9.59 Å². The van der Waals surface area contributed by atoms with Gasteiger partial charge in [0.05, 0.1) is 0 Å². The van der Waals surface area contributed by atoms with E-state index in [0.717, 1.165) is 23.4 Å². The maximum atomic E-state index is 12.6. The SMILES string of the molecule is CN[C@@H](CN)C(=O)[N+](C)=C(CC(=O)O)C(=O)N(C)[C@H](C)CSC.[O]=[99Tc]. The van der Waals surface area contributed by atoms with Gasteiger partial charge in [0.15, 0.2) is 0 Å². The maximum absolute atomic E-state index is 12.6. The molecule has 145 valence electrons. The van der Waals surface area contributed by atoms with E-state index in [-0.39, 0.29) is 18.3 Å². The number of thioether (sulfide) groups is 1. The number of hydrogen-bond donors (Lipinski definition) is 3. The number of aliphatic carboxylic acids is 1. The van der Waals surface area contributed by atoms with Crippen molar-refractivity contribution in [1.82, 2.24) is 10.2 Å². The summed E-state index contributed by atoms with van der Waals surface area (Å²) in [5.74, 6) is -1.38. The van der Waals surface area contributed by atoms with Crippen LogP contribution in [0.1, 0.15) is 13.3 Å². The number of carboxylic acid groups (broad SMARTS) is 1. The number of carbonyl (C=O) groups is 3. The summed E-state index contributed by atoms with van der Waals surface area (Å²) in [5.41, 5.74) is 5.44. The second-order valence-electron chi connectivity index (χ2n) is 5.21. The molecule has 0 aliphatic heterocycles. The van der Waals surface area contributed by atoms with Gasteiger partial charge in [0, 0.05) is 25.4 Å². The summed E-state index contributed by atoms with van der Waals surface area (Å²) in [5, 5.41) is 11.8. The zero-order chi connectivity index (χ0) is 20.2. The Bertz CT molecular complexity index is 500. The van der Waals surface area contributed by atoms with Crippen LogP contribution in [0.25, 0.3) is 0 Å². The molecular weight excluding hydrogens is 435 g/mol. The summed E-state index contributed by atoms with van der Waals surface area (Å²) < 4.78 is 9.31. The van der Waals surface area contributed by atoms with Gasteiger partial charge < -0.3 is 21.1 Å². The number of carbonyl (C=O) groups excluding carboxylic acids is 2. The van der Waals surface area contributed by atoms with E-state index in [1.807, 2.05) is 13.2 Å². The molecule has 9 nitrogen and oxygen atoms in total. The van der Waals surface area contributed by atoms with Crippen LogP contribution in [0.4, 0.5) is 0 Å². The molecule has 0 aromatic rings. The Labute approximate surface area is 162 Å². The summed E-state index contributed by atoms with van der Waals surface area (Å²) in [6.45, 7) is 1.91. The monoisotopic (exact) mass is 462 g/mol. The van der Waals surface area contributed by atoms with Gasteiger partial charge in [0.25, 0.3) is 5.71 Å².